The van der Waals surface area contributed by atoms with Crippen LogP contribution in [0.15, 0.2) is 42.5 Å². The van der Waals surface area contributed by atoms with Gasteiger partial charge in [0.2, 0.25) is 0 Å². The van der Waals surface area contributed by atoms with E-state index in [9.17, 15) is 4.79 Å². The van der Waals surface area contributed by atoms with Crippen LogP contribution in [0.25, 0.3) is 0 Å². The van der Waals surface area contributed by atoms with Crippen molar-refractivity contribution in [2.24, 2.45) is 0 Å². The SMILES string of the molecule is COc1ccc(Cl)cc1N(C)C(=O)COc1ccccc1C. The fourth-order valence-corrected chi connectivity index (χ4v) is 2.18. The molecule has 0 spiro atoms. The highest BCUT2D eigenvalue weighted by Crippen LogP contribution is 2.30. The minimum Gasteiger partial charge on any atom is -0.495 e. The Labute approximate surface area is 135 Å². The van der Waals surface area contributed by atoms with Crippen LogP contribution in [0.4, 0.5) is 5.69 Å². The van der Waals surface area contributed by atoms with Crippen LogP contribution < -0.4 is 14.4 Å². The second-order valence-electron chi connectivity index (χ2n) is 4.82. The zero-order valence-electron chi connectivity index (χ0n) is 12.8. The first-order valence-corrected chi connectivity index (χ1v) is 7.19. The van der Waals surface area contributed by atoms with Gasteiger partial charge in [-0.25, -0.2) is 0 Å². The number of likely N-dealkylation sites (N-methyl/N-ethyl adjacent to an activating group) is 1. The molecule has 0 heterocycles. The number of anilines is 1. The summed E-state index contributed by atoms with van der Waals surface area (Å²) in [4.78, 5) is 13.8. The number of hydrogen-bond acceptors (Lipinski definition) is 3. The highest BCUT2D eigenvalue weighted by molar-refractivity contribution is 6.31. The molecule has 0 saturated heterocycles. The Kier molecular flexibility index (Phi) is 5.28. The van der Waals surface area contributed by atoms with Crippen molar-refractivity contribution in [3.05, 3.63) is 53.1 Å². The van der Waals surface area contributed by atoms with E-state index in [1.807, 2.05) is 31.2 Å². The third kappa shape index (κ3) is 3.71. The summed E-state index contributed by atoms with van der Waals surface area (Å²) in [6, 6.07) is 12.7. The number of hydrogen-bond donors (Lipinski definition) is 0. The van der Waals surface area contributed by atoms with Gasteiger partial charge in [-0.2, -0.15) is 0 Å². The van der Waals surface area contributed by atoms with Crippen molar-refractivity contribution in [3.8, 4) is 11.5 Å². The zero-order valence-corrected chi connectivity index (χ0v) is 13.6. The first kappa shape index (κ1) is 16.2. The van der Waals surface area contributed by atoms with Crippen molar-refractivity contribution in [1.29, 1.82) is 0 Å². The lowest BCUT2D eigenvalue weighted by atomic mass is 10.2. The van der Waals surface area contributed by atoms with Crippen LogP contribution in [0, 0.1) is 6.92 Å². The van der Waals surface area contributed by atoms with Crippen molar-refractivity contribution in [3.63, 3.8) is 0 Å². The predicted octanol–water partition coefficient (Wildman–Crippen LogP) is 3.70. The third-order valence-electron chi connectivity index (χ3n) is 3.32. The Hall–Kier alpha value is -2.20. The van der Waals surface area contributed by atoms with E-state index in [0.29, 0.717) is 22.2 Å². The van der Waals surface area contributed by atoms with Gasteiger partial charge in [0.15, 0.2) is 6.61 Å². The topological polar surface area (TPSA) is 38.8 Å². The van der Waals surface area contributed by atoms with Gasteiger partial charge in [-0.3, -0.25) is 4.79 Å². The predicted molar refractivity (Wildman–Crippen MR) is 88.1 cm³/mol. The number of benzene rings is 2. The first-order chi connectivity index (χ1) is 10.5. The van der Waals surface area contributed by atoms with Crippen LogP contribution in [0.5, 0.6) is 11.5 Å². The second-order valence-corrected chi connectivity index (χ2v) is 5.26. The molecule has 1 amide bonds. The summed E-state index contributed by atoms with van der Waals surface area (Å²) in [5, 5.41) is 0.537. The van der Waals surface area contributed by atoms with Gasteiger partial charge in [0.05, 0.1) is 12.8 Å². The van der Waals surface area contributed by atoms with E-state index in [0.717, 1.165) is 5.56 Å². The number of halogens is 1. The molecule has 0 aliphatic rings. The number of amides is 1. The van der Waals surface area contributed by atoms with Crippen LogP contribution in [0.1, 0.15) is 5.56 Å². The summed E-state index contributed by atoms with van der Waals surface area (Å²) in [5.41, 5.74) is 1.59. The van der Waals surface area contributed by atoms with Crippen molar-refractivity contribution >= 4 is 23.2 Å². The molecule has 0 bridgehead atoms. The molecule has 0 aromatic heterocycles. The van der Waals surface area contributed by atoms with Gasteiger partial charge in [-0.05, 0) is 36.8 Å². The van der Waals surface area contributed by atoms with E-state index < -0.39 is 0 Å². The highest BCUT2D eigenvalue weighted by atomic mass is 35.5. The molecule has 5 heteroatoms. The molecule has 4 nitrogen and oxygen atoms in total. The van der Waals surface area contributed by atoms with Crippen LogP contribution in [-0.2, 0) is 4.79 Å². The van der Waals surface area contributed by atoms with Crippen LogP contribution in [-0.4, -0.2) is 26.7 Å². The molecule has 22 heavy (non-hydrogen) atoms. The van der Waals surface area contributed by atoms with Gasteiger partial charge in [0.25, 0.3) is 5.91 Å². The monoisotopic (exact) mass is 319 g/mol. The van der Waals surface area contributed by atoms with Gasteiger partial charge in [-0.1, -0.05) is 29.8 Å². The van der Waals surface area contributed by atoms with Gasteiger partial charge in [0.1, 0.15) is 11.5 Å². The van der Waals surface area contributed by atoms with E-state index in [1.165, 1.54) is 4.90 Å². The molecule has 0 fully saturated rings. The average Bonchev–Trinajstić information content (AvgIpc) is 2.53. The summed E-state index contributed by atoms with van der Waals surface area (Å²) in [5.74, 6) is 1.09. The fraction of sp³-hybridized carbons (Fsp3) is 0.235. The lowest BCUT2D eigenvalue weighted by molar-refractivity contribution is -0.120. The molecule has 116 valence electrons. The van der Waals surface area contributed by atoms with E-state index in [2.05, 4.69) is 0 Å². The lowest BCUT2D eigenvalue weighted by Crippen LogP contribution is -2.31. The Balaban J connectivity index is 2.10. The fourth-order valence-electron chi connectivity index (χ4n) is 2.01. The van der Waals surface area contributed by atoms with E-state index in [1.54, 1.807) is 32.4 Å². The average molecular weight is 320 g/mol. The molecule has 2 aromatic rings. The van der Waals surface area contributed by atoms with Gasteiger partial charge in [-0.15, -0.1) is 0 Å². The Morgan fingerprint density at radius 2 is 1.91 bits per heavy atom. The Bertz CT molecular complexity index is 673. The van der Waals surface area contributed by atoms with Crippen molar-refractivity contribution in [2.45, 2.75) is 6.92 Å². The maximum Gasteiger partial charge on any atom is 0.264 e. The summed E-state index contributed by atoms with van der Waals surface area (Å²) < 4.78 is 10.8. The number of methoxy groups -OCH3 is 1. The van der Waals surface area contributed by atoms with Crippen LogP contribution >= 0.6 is 11.6 Å². The number of aryl methyl sites for hydroxylation is 1. The van der Waals surface area contributed by atoms with Crippen molar-refractivity contribution < 1.29 is 14.3 Å². The van der Waals surface area contributed by atoms with Crippen LogP contribution in [0.2, 0.25) is 5.02 Å². The number of ether oxygens (including phenoxy) is 2. The molecule has 0 N–H and O–H groups in total. The largest absolute Gasteiger partial charge is 0.495 e. The Morgan fingerprint density at radius 1 is 1.18 bits per heavy atom. The number of carbonyl (C=O) groups excluding carboxylic acids is 1. The van der Waals surface area contributed by atoms with E-state index in [4.69, 9.17) is 21.1 Å². The van der Waals surface area contributed by atoms with Gasteiger partial charge < -0.3 is 14.4 Å². The number of rotatable bonds is 5. The van der Waals surface area contributed by atoms with Crippen molar-refractivity contribution in [2.75, 3.05) is 25.7 Å². The molecular formula is C17H18ClNO3. The highest BCUT2D eigenvalue weighted by Gasteiger charge is 2.16. The molecular weight excluding hydrogens is 302 g/mol. The summed E-state index contributed by atoms with van der Waals surface area (Å²) in [6.45, 7) is 1.88. The second kappa shape index (κ2) is 7.18. The molecule has 2 aromatic carbocycles. The lowest BCUT2D eigenvalue weighted by Gasteiger charge is -2.20. The summed E-state index contributed by atoms with van der Waals surface area (Å²) in [6.07, 6.45) is 0. The molecule has 0 aliphatic heterocycles. The Morgan fingerprint density at radius 3 is 2.59 bits per heavy atom. The summed E-state index contributed by atoms with van der Waals surface area (Å²) >= 11 is 5.99. The summed E-state index contributed by atoms with van der Waals surface area (Å²) in [7, 11) is 3.21. The standard InChI is InChI=1S/C17H18ClNO3/c1-12-6-4-5-7-15(12)22-11-17(20)19(2)14-10-13(18)8-9-16(14)21-3/h4-10H,11H2,1-3H3. The first-order valence-electron chi connectivity index (χ1n) is 6.81. The molecule has 0 radical (unpaired) electrons. The van der Waals surface area contributed by atoms with Crippen LogP contribution in [0.3, 0.4) is 0 Å². The molecule has 0 aliphatic carbocycles. The van der Waals surface area contributed by atoms with E-state index >= 15 is 0 Å². The van der Waals surface area contributed by atoms with Gasteiger partial charge >= 0.3 is 0 Å². The zero-order chi connectivity index (χ0) is 16.1. The maximum absolute atomic E-state index is 12.3. The number of carbonyl (C=O) groups is 1. The van der Waals surface area contributed by atoms with Crippen molar-refractivity contribution in [1.82, 2.24) is 0 Å². The van der Waals surface area contributed by atoms with E-state index in [-0.39, 0.29) is 12.5 Å². The molecule has 0 unspecified atom stereocenters. The quantitative estimate of drug-likeness (QED) is 0.843. The third-order valence-corrected chi connectivity index (χ3v) is 3.56. The minimum absolute atomic E-state index is 0.0585. The molecule has 0 saturated carbocycles. The molecule has 2 rings (SSSR count). The number of nitrogens with zero attached hydrogens (tertiary/aromatic N) is 1. The minimum atomic E-state index is -0.191. The normalized spacial score (nSPS) is 10.2. The maximum atomic E-state index is 12.3. The van der Waals surface area contributed by atoms with Gasteiger partial charge in [0, 0.05) is 12.1 Å². The molecule has 0 atom stereocenters. The number of para-hydroxylation sites is 1. The smallest absolute Gasteiger partial charge is 0.264 e.